The number of carbonyl (C=O) groups excluding carboxylic acids is 2. The van der Waals surface area contributed by atoms with Crippen molar-refractivity contribution in [3.8, 4) is 5.75 Å². The van der Waals surface area contributed by atoms with E-state index in [0.29, 0.717) is 19.6 Å². The highest BCUT2D eigenvalue weighted by molar-refractivity contribution is 7.09. The number of carbonyl (C=O) groups is 2. The number of hydrogen-bond donors (Lipinski definition) is 1. The molecule has 2 aromatic rings. The summed E-state index contributed by atoms with van der Waals surface area (Å²) in [4.78, 5) is 29.2. The van der Waals surface area contributed by atoms with Gasteiger partial charge in [-0.3, -0.25) is 9.59 Å². The third-order valence-electron chi connectivity index (χ3n) is 6.05. The minimum atomic E-state index is -0.675. The Hall–Kier alpha value is -2.64. The van der Waals surface area contributed by atoms with Crippen molar-refractivity contribution in [2.45, 2.75) is 24.8 Å². The number of likely N-dealkylation sites (tertiary alicyclic amines) is 1. The molecule has 0 radical (unpaired) electrons. The fourth-order valence-electron chi connectivity index (χ4n) is 4.75. The number of para-hydroxylation sites is 1. The molecule has 2 bridgehead atoms. The molecule has 1 aromatic heterocycles. The number of nitrogens with one attached hydrogen (secondary N) is 1. The molecule has 0 saturated carbocycles. The van der Waals surface area contributed by atoms with Crippen LogP contribution in [-0.2, 0) is 27.4 Å². The molecule has 6 nitrogen and oxygen atoms in total. The molecule has 1 N–H and O–H groups in total. The summed E-state index contributed by atoms with van der Waals surface area (Å²) in [7, 11) is 1.61. The van der Waals surface area contributed by atoms with Crippen molar-refractivity contribution in [2.75, 3.05) is 13.7 Å². The van der Waals surface area contributed by atoms with Crippen LogP contribution in [0.4, 0.5) is 0 Å². The van der Waals surface area contributed by atoms with E-state index in [1.54, 1.807) is 18.4 Å². The summed E-state index contributed by atoms with van der Waals surface area (Å²) in [5, 5.41) is 4.99. The monoisotopic (exact) mass is 410 g/mol. The number of ether oxygens (including phenoxy) is 2. The largest absolute Gasteiger partial charge is 0.496 e. The standard InChI is InChI=1S/C22H22N2O4S/c1-27-16-7-3-2-5-14(16)11-23-20(25)18-17-8-9-22(28-17)13-24(21(26)19(18)22)12-15-6-4-10-29-15/h2-10,17-19H,11-13H2,1H3,(H,23,25). The van der Waals surface area contributed by atoms with Crippen LogP contribution >= 0.6 is 11.3 Å². The molecule has 4 unspecified atom stereocenters. The van der Waals surface area contributed by atoms with Crippen molar-refractivity contribution in [1.82, 2.24) is 10.2 Å². The van der Waals surface area contributed by atoms with Crippen molar-refractivity contribution in [3.63, 3.8) is 0 Å². The van der Waals surface area contributed by atoms with Crippen molar-refractivity contribution in [3.05, 3.63) is 64.4 Å². The maximum atomic E-state index is 13.2. The lowest BCUT2D eigenvalue weighted by molar-refractivity contribution is -0.137. The van der Waals surface area contributed by atoms with Gasteiger partial charge in [-0.05, 0) is 17.5 Å². The van der Waals surface area contributed by atoms with E-state index in [0.717, 1.165) is 16.2 Å². The minimum Gasteiger partial charge on any atom is -0.496 e. The van der Waals surface area contributed by atoms with E-state index < -0.39 is 17.4 Å². The van der Waals surface area contributed by atoms with Crippen LogP contribution in [-0.4, -0.2) is 42.1 Å². The highest BCUT2D eigenvalue weighted by atomic mass is 32.1. The van der Waals surface area contributed by atoms with E-state index in [4.69, 9.17) is 9.47 Å². The quantitative estimate of drug-likeness (QED) is 0.743. The van der Waals surface area contributed by atoms with Crippen LogP contribution in [0.25, 0.3) is 0 Å². The SMILES string of the molecule is COc1ccccc1CNC(=O)C1C2C=CC3(CN(Cc4cccs4)C(=O)C13)O2. The molecule has 0 aliphatic carbocycles. The highest BCUT2D eigenvalue weighted by Crippen LogP contribution is 2.52. The Labute approximate surface area is 173 Å². The van der Waals surface area contributed by atoms with Crippen LogP contribution in [0, 0.1) is 11.8 Å². The maximum absolute atomic E-state index is 13.2. The van der Waals surface area contributed by atoms with Gasteiger partial charge >= 0.3 is 0 Å². The molecular weight excluding hydrogens is 388 g/mol. The van der Waals surface area contributed by atoms with Gasteiger partial charge in [0.25, 0.3) is 0 Å². The van der Waals surface area contributed by atoms with E-state index in [-0.39, 0.29) is 17.9 Å². The average Bonchev–Trinajstić information content (AvgIpc) is 3.50. The summed E-state index contributed by atoms with van der Waals surface area (Å²) in [5.74, 6) is -0.385. The number of rotatable bonds is 6. The Morgan fingerprint density at radius 3 is 3.00 bits per heavy atom. The van der Waals surface area contributed by atoms with Gasteiger partial charge in [-0.1, -0.05) is 36.4 Å². The zero-order chi connectivity index (χ0) is 20.0. The van der Waals surface area contributed by atoms with E-state index >= 15 is 0 Å². The van der Waals surface area contributed by atoms with Gasteiger partial charge in [0, 0.05) is 17.0 Å². The zero-order valence-electron chi connectivity index (χ0n) is 16.0. The van der Waals surface area contributed by atoms with Crippen molar-refractivity contribution in [2.24, 2.45) is 11.8 Å². The van der Waals surface area contributed by atoms with Crippen molar-refractivity contribution >= 4 is 23.2 Å². The molecule has 2 amide bonds. The van der Waals surface area contributed by atoms with Gasteiger partial charge in [-0.25, -0.2) is 0 Å². The molecular formula is C22H22N2O4S. The third-order valence-corrected chi connectivity index (χ3v) is 6.92. The molecule has 1 aromatic carbocycles. The molecule has 5 rings (SSSR count). The van der Waals surface area contributed by atoms with Gasteiger partial charge in [-0.2, -0.15) is 0 Å². The van der Waals surface area contributed by atoms with Gasteiger partial charge in [0.2, 0.25) is 11.8 Å². The number of fused-ring (bicyclic) bond motifs is 1. The second-order valence-corrected chi connectivity index (χ2v) is 8.74. The molecule has 29 heavy (non-hydrogen) atoms. The van der Waals surface area contributed by atoms with Gasteiger partial charge in [0.15, 0.2) is 0 Å². The van der Waals surface area contributed by atoms with Gasteiger partial charge in [0.05, 0.1) is 38.1 Å². The fraction of sp³-hybridized carbons (Fsp3) is 0.364. The molecule has 1 spiro atoms. The molecule has 2 fully saturated rings. The lowest BCUT2D eigenvalue weighted by Crippen LogP contribution is -2.43. The van der Waals surface area contributed by atoms with Crippen LogP contribution < -0.4 is 10.1 Å². The Balaban J connectivity index is 1.33. The van der Waals surface area contributed by atoms with Crippen molar-refractivity contribution < 1.29 is 19.1 Å². The Morgan fingerprint density at radius 2 is 2.21 bits per heavy atom. The van der Waals surface area contributed by atoms with Crippen LogP contribution in [0.3, 0.4) is 0 Å². The summed E-state index contributed by atoms with van der Waals surface area (Å²) in [5.41, 5.74) is 0.223. The first-order chi connectivity index (χ1) is 14.1. The highest BCUT2D eigenvalue weighted by Gasteiger charge is 2.66. The van der Waals surface area contributed by atoms with Crippen LogP contribution in [0.2, 0.25) is 0 Å². The predicted molar refractivity (Wildman–Crippen MR) is 108 cm³/mol. The zero-order valence-corrected chi connectivity index (χ0v) is 16.9. The van der Waals surface area contributed by atoms with Crippen LogP contribution in [0.15, 0.2) is 53.9 Å². The average molecular weight is 410 g/mol. The number of hydrogen-bond acceptors (Lipinski definition) is 5. The van der Waals surface area contributed by atoms with Gasteiger partial charge in [0.1, 0.15) is 11.4 Å². The van der Waals surface area contributed by atoms with E-state index in [1.807, 2.05) is 58.8 Å². The van der Waals surface area contributed by atoms with Gasteiger partial charge < -0.3 is 19.7 Å². The minimum absolute atomic E-state index is 0.00249. The summed E-state index contributed by atoms with van der Waals surface area (Å²) in [6, 6.07) is 11.6. The number of thiophene rings is 1. The smallest absolute Gasteiger partial charge is 0.230 e. The molecule has 4 heterocycles. The van der Waals surface area contributed by atoms with E-state index in [2.05, 4.69) is 5.32 Å². The Kier molecular flexibility index (Phi) is 4.44. The predicted octanol–water partition coefficient (Wildman–Crippen LogP) is 2.36. The molecule has 3 aliphatic rings. The summed E-state index contributed by atoms with van der Waals surface area (Å²) < 4.78 is 11.5. The van der Waals surface area contributed by atoms with E-state index in [9.17, 15) is 9.59 Å². The lowest BCUT2D eigenvalue weighted by Gasteiger charge is -2.23. The molecule has 150 valence electrons. The summed E-state index contributed by atoms with van der Waals surface area (Å²) in [6.07, 6.45) is 3.58. The Bertz CT molecular complexity index is 973. The topological polar surface area (TPSA) is 67.9 Å². The Morgan fingerprint density at radius 1 is 1.34 bits per heavy atom. The van der Waals surface area contributed by atoms with Crippen molar-refractivity contribution in [1.29, 1.82) is 0 Å². The molecule has 2 saturated heterocycles. The fourth-order valence-corrected chi connectivity index (χ4v) is 5.47. The third kappa shape index (κ3) is 2.96. The van der Waals surface area contributed by atoms with Crippen LogP contribution in [0.1, 0.15) is 10.4 Å². The normalized spacial score (nSPS) is 29.3. The van der Waals surface area contributed by atoms with Crippen LogP contribution in [0.5, 0.6) is 5.75 Å². The summed E-state index contributed by atoms with van der Waals surface area (Å²) >= 11 is 1.63. The second kappa shape index (κ2) is 7.00. The molecule has 7 heteroatoms. The maximum Gasteiger partial charge on any atom is 0.230 e. The number of amides is 2. The number of methoxy groups -OCH3 is 1. The second-order valence-electron chi connectivity index (χ2n) is 7.70. The molecule has 3 aliphatic heterocycles. The van der Waals surface area contributed by atoms with E-state index in [1.165, 1.54) is 0 Å². The lowest BCUT2D eigenvalue weighted by atomic mass is 9.77. The van der Waals surface area contributed by atoms with Gasteiger partial charge in [-0.15, -0.1) is 11.3 Å². The summed E-state index contributed by atoms with van der Waals surface area (Å²) in [6.45, 7) is 1.41. The molecule has 4 atom stereocenters. The number of benzene rings is 1. The number of nitrogens with zero attached hydrogens (tertiary/aromatic N) is 1. The first-order valence-corrected chi connectivity index (χ1v) is 10.6. The first-order valence-electron chi connectivity index (χ1n) is 9.69. The first kappa shape index (κ1) is 18.4.